The fourth-order valence-electron chi connectivity index (χ4n) is 2.35. The maximum absolute atomic E-state index is 11.7. The van der Waals surface area contributed by atoms with Gasteiger partial charge < -0.3 is 10.4 Å². The molecule has 0 saturated heterocycles. The summed E-state index contributed by atoms with van der Waals surface area (Å²) in [5, 5.41) is 10.6. The van der Waals surface area contributed by atoms with Crippen LogP contribution in [0.5, 0.6) is 0 Å². The molecule has 0 aliphatic heterocycles. The van der Waals surface area contributed by atoms with Gasteiger partial charge in [-0.2, -0.15) is 0 Å². The fraction of sp³-hybridized carbons (Fsp3) is 0.833. The van der Waals surface area contributed by atoms with Crippen molar-refractivity contribution >= 4 is 21.7 Å². The Bertz CT molecular complexity index is 445. The topological polar surface area (TPSA) is 101 Å². The van der Waals surface area contributed by atoms with Gasteiger partial charge in [-0.3, -0.25) is 9.59 Å². The summed E-state index contributed by atoms with van der Waals surface area (Å²) in [4.78, 5) is 22.8. The maximum Gasteiger partial charge on any atom is 0.306 e. The monoisotopic (exact) mass is 291 g/mol. The van der Waals surface area contributed by atoms with Crippen LogP contribution in [0.3, 0.4) is 0 Å². The van der Waals surface area contributed by atoms with Crippen molar-refractivity contribution in [2.75, 3.05) is 12.8 Å². The zero-order valence-electron chi connectivity index (χ0n) is 11.3. The quantitative estimate of drug-likeness (QED) is 0.765. The van der Waals surface area contributed by atoms with E-state index in [1.54, 1.807) is 0 Å². The van der Waals surface area contributed by atoms with Crippen molar-refractivity contribution in [3.8, 4) is 0 Å². The number of rotatable bonds is 5. The Labute approximate surface area is 113 Å². The number of amides is 1. The molecule has 0 aromatic carbocycles. The lowest BCUT2D eigenvalue weighted by Crippen LogP contribution is -2.42. The Morgan fingerprint density at radius 2 is 1.89 bits per heavy atom. The highest BCUT2D eigenvalue weighted by molar-refractivity contribution is 7.92. The van der Waals surface area contributed by atoms with Crippen molar-refractivity contribution in [1.82, 2.24) is 5.32 Å². The molecule has 19 heavy (non-hydrogen) atoms. The van der Waals surface area contributed by atoms with Crippen LogP contribution in [0.4, 0.5) is 0 Å². The van der Waals surface area contributed by atoms with Crippen LogP contribution in [0.2, 0.25) is 0 Å². The third-order valence-corrected chi connectivity index (χ3v) is 5.27. The summed E-state index contributed by atoms with van der Waals surface area (Å²) >= 11 is 0. The molecule has 1 amide bonds. The molecule has 0 heterocycles. The Hall–Kier alpha value is -1.11. The molecule has 1 saturated carbocycles. The normalized spacial score (nSPS) is 25.6. The maximum atomic E-state index is 11.7. The largest absolute Gasteiger partial charge is 0.481 e. The van der Waals surface area contributed by atoms with Gasteiger partial charge in [-0.1, -0.05) is 12.8 Å². The Balaban J connectivity index is 2.55. The van der Waals surface area contributed by atoms with Crippen molar-refractivity contribution in [3.05, 3.63) is 0 Å². The number of carboxylic acids is 1. The zero-order valence-corrected chi connectivity index (χ0v) is 12.1. The van der Waals surface area contributed by atoms with Gasteiger partial charge in [-0.05, 0) is 25.7 Å². The van der Waals surface area contributed by atoms with E-state index < -0.39 is 32.9 Å². The van der Waals surface area contributed by atoms with Gasteiger partial charge in [-0.25, -0.2) is 8.42 Å². The second-order valence-corrected chi connectivity index (χ2v) is 7.57. The Kier molecular flexibility index (Phi) is 5.34. The molecule has 1 rings (SSSR count). The minimum atomic E-state index is -3.41. The predicted octanol–water partition coefficient (Wildman–Crippen LogP) is 0.427. The van der Waals surface area contributed by atoms with Crippen LogP contribution in [0, 0.1) is 11.8 Å². The first kappa shape index (κ1) is 15.9. The lowest BCUT2D eigenvalue weighted by molar-refractivity contribution is -0.145. The third-order valence-electron chi connectivity index (χ3n) is 3.78. The van der Waals surface area contributed by atoms with E-state index in [0.717, 1.165) is 25.5 Å². The van der Waals surface area contributed by atoms with Gasteiger partial charge in [-0.15, -0.1) is 0 Å². The standard InChI is InChI=1S/C12H21NO5S/c1-8(19(2,17)18)11(14)13-7-9-5-3-4-6-10(9)12(15)16/h8-10H,3-7H2,1-2H3,(H,13,14)(H,15,16). The van der Waals surface area contributed by atoms with Crippen LogP contribution in [-0.2, 0) is 19.4 Å². The molecule has 110 valence electrons. The minimum absolute atomic E-state index is 0.109. The molecule has 0 aromatic rings. The first-order valence-corrected chi connectivity index (χ1v) is 8.38. The van der Waals surface area contributed by atoms with Gasteiger partial charge in [0.25, 0.3) is 0 Å². The SMILES string of the molecule is CC(C(=O)NCC1CCCCC1C(=O)O)S(C)(=O)=O. The first-order valence-electron chi connectivity index (χ1n) is 6.43. The number of sulfone groups is 1. The average Bonchev–Trinajstić information content (AvgIpc) is 2.34. The van der Waals surface area contributed by atoms with E-state index in [0.29, 0.717) is 6.42 Å². The molecule has 7 heteroatoms. The van der Waals surface area contributed by atoms with Gasteiger partial charge in [0.15, 0.2) is 9.84 Å². The smallest absolute Gasteiger partial charge is 0.306 e. The van der Waals surface area contributed by atoms with Gasteiger partial charge in [0.1, 0.15) is 5.25 Å². The summed E-state index contributed by atoms with van der Waals surface area (Å²) in [6, 6.07) is 0. The molecular formula is C12H21NO5S. The summed E-state index contributed by atoms with van der Waals surface area (Å²) in [6.45, 7) is 1.57. The van der Waals surface area contributed by atoms with Gasteiger partial charge in [0.2, 0.25) is 5.91 Å². The zero-order chi connectivity index (χ0) is 14.6. The first-order chi connectivity index (χ1) is 8.73. The predicted molar refractivity (Wildman–Crippen MR) is 70.4 cm³/mol. The molecule has 3 unspecified atom stereocenters. The molecule has 0 spiro atoms. The Morgan fingerprint density at radius 1 is 1.32 bits per heavy atom. The van der Waals surface area contributed by atoms with Gasteiger partial charge in [0, 0.05) is 12.8 Å². The van der Waals surface area contributed by atoms with Crippen molar-refractivity contribution < 1.29 is 23.1 Å². The summed E-state index contributed by atoms with van der Waals surface area (Å²) in [5.74, 6) is -1.95. The Morgan fingerprint density at radius 3 is 2.42 bits per heavy atom. The molecule has 0 bridgehead atoms. The second-order valence-electron chi connectivity index (χ2n) is 5.21. The highest BCUT2D eigenvalue weighted by Gasteiger charge is 2.32. The fourth-order valence-corrected chi connectivity index (χ4v) is 2.82. The molecule has 1 aliphatic rings. The highest BCUT2D eigenvalue weighted by atomic mass is 32.2. The van der Waals surface area contributed by atoms with E-state index in [1.807, 2.05) is 0 Å². The van der Waals surface area contributed by atoms with Crippen LogP contribution in [-0.4, -0.2) is 43.5 Å². The number of nitrogens with one attached hydrogen (secondary N) is 1. The number of carbonyl (C=O) groups excluding carboxylic acids is 1. The number of carbonyl (C=O) groups is 2. The molecule has 1 aliphatic carbocycles. The van der Waals surface area contributed by atoms with E-state index in [2.05, 4.69) is 5.32 Å². The summed E-state index contributed by atoms with van der Waals surface area (Å²) in [7, 11) is -3.41. The van der Waals surface area contributed by atoms with E-state index in [4.69, 9.17) is 5.11 Å². The molecule has 2 N–H and O–H groups in total. The molecule has 6 nitrogen and oxygen atoms in total. The third kappa shape index (κ3) is 4.49. The minimum Gasteiger partial charge on any atom is -0.481 e. The van der Waals surface area contributed by atoms with E-state index in [-0.39, 0.29) is 12.5 Å². The van der Waals surface area contributed by atoms with Crippen molar-refractivity contribution in [3.63, 3.8) is 0 Å². The lowest BCUT2D eigenvalue weighted by atomic mass is 9.79. The number of hydrogen-bond acceptors (Lipinski definition) is 4. The van der Waals surface area contributed by atoms with Crippen molar-refractivity contribution in [2.45, 2.75) is 37.9 Å². The summed E-state index contributed by atoms with van der Waals surface area (Å²) in [5.41, 5.74) is 0. The van der Waals surface area contributed by atoms with Crippen molar-refractivity contribution in [2.24, 2.45) is 11.8 Å². The van der Waals surface area contributed by atoms with Crippen molar-refractivity contribution in [1.29, 1.82) is 0 Å². The number of hydrogen-bond donors (Lipinski definition) is 2. The van der Waals surface area contributed by atoms with Gasteiger partial charge in [0.05, 0.1) is 5.92 Å². The molecule has 0 radical (unpaired) electrons. The summed E-state index contributed by atoms with van der Waals surface area (Å²) < 4.78 is 22.5. The molecule has 3 atom stereocenters. The lowest BCUT2D eigenvalue weighted by Gasteiger charge is -2.28. The average molecular weight is 291 g/mol. The van der Waals surface area contributed by atoms with Crippen LogP contribution in [0.1, 0.15) is 32.6 Å². The summed E-state index contributed by atoms with van der Waals surface area (Å²) in [6.07, 6.45) is 4.23. The highest BCUT2D eigenvalue weighted by Crippen LogP contribution is 2.29. The van der Waals surface area contributed by atoms with E-state index in [9.17, 15) is 18.0 Å². The van der Waals surface area contributed by atoms with Crippen LogP contribution >= 0.6 is 0 Å². The molecular weight excluding hydrogens is 270 g/mol. The van der Waals surface area contributed by atoms with E-state index in [1.165, 1.54) is 6.92 Å². The van der Waals surface area contributed by atoms with Crippen LogP contribution in [0.25, 0.3) is 0 Å². The molecule has 1 fully saturated rings. The number of carboxylic acid groups (broad SMARTS) is 1. The second kappa shape index (κ2) is 6.36. The van der Waals surface area contributed by atoms with Crippen LogP contribution in [0.15, 0.2) is 0 Å². The van der Waals surface area contributed by atoms with Crippen LogP contribution < -0.4 is 5.32 Å². The van der Waals surface area contributed by atoms with E-state index >= 15 is 0 Å². The number of aliphatic carboxylic acids is 1. The molecule has 0 aromatic heterocycles. The van der Waals surface area contributed by atoms with Gasteiger partial charge >= 0.3 is 5.97 Å².